The van der Waals surface area contributed by atoms with Crippen molar-refractivity contribution in [2.24, 2.45) is 5.92 Å². The second-order valence-corrected chi connectivity index (χ2v) is 15.6. The summed E-state index contributed by atoms with van der Waals surface area (Å²) in [5.74, 6) is -0.212. The van der Waals surface area contributed by atoms with Crippen molar-refractivity contribution in [2.75, 3.05) is 24.6 Å². The summed E-state index contributed by atoms with van der Waals surface area (Å²) >= 11 is 0. The number of carbonyl (C=O) groups is 1. The topological polar surface area (TPSA) is 113 Å². The van der Waals surface area contributed by atoms with E-state index in [-0.39, 0.29) is 46.1 Å². The maximum Gasteiger partial charge on any atom is 0.240 e. The molecule has 3 aromatic rings. The Morgan fingerprint density at radius 3 is 2.23 bits per heavy atom. The maximum absolute atomic E-state index is 13.2. The van der Waals surface area contributed by atoms with Crippen molar-refractivity contribution in [1.29, 1.82) is 0 Å². The number of hydrogen-bond acceptors (Lipinski definition) is 6. The molecule has 1 saturated heterocycles. The molecule has 1 heterocycles. The van der Waals surface area contributed by atoms with E-state index in [0.717, 1.165) is 22.3 Å². The van der Waals surface area contributed by atoms with Crippen LogP contribution < -0.4 is 10.0 Å². The third kappa shape index (κ3) is 8.29. The second kappa shape index (κ2) is 13.3. The van der Waals surface area contributed by atoms with Crippen LogP contribution in [-0.2, 0) is 31.2 Å². The molecule has 1 aliphatic heterocycles. The number of nitrogens with zero attached hydrogens (tertiary/aromatic N) is 1. The zero-order valence-electron chi connectivity index (χ0n) is 24.2. The molecule has 230 valence electrons. The Kier molecular flexibility index (Phi) is 9.65. The normalized spacial score (nSPS) is 21.6. The van der Waals surface area contributed by atoms with Crippen molar-refractivity contribution in [3.63, 3.8) is 0 Å². The van der Waals surface area contributed by atoms with E-state index in [1.165, 1.54) is 12.1 Å². The zero-order chi connectivity index (χ0) is 30.6. The van der Waals surface area contributed by atoms with E-state index < -0.39 is 19.9 Å². The van der Waals surface area contributed by atoms with Crippen LogP contribution in [-0.4, -0.2) is 58.3 Å². The van der Waals surface area contributed by atoms with Gasteiger partial charge in [0.05, 0.1) is 22.4 Å². The Morgan fingerprint density at radius 2 is 1.58 bits per heavy atom. The van der Waals surface area contributed by atoms with Crippen LogP contribution in [0.3, 0.4) is 0 Å². The molecule has 1 amide bonds. The molecular weight excluding hydrogens is 590 g/mol. The van der Waals surface area contributed by atoms with Gasteiger partial charge in [-0.05, 0) is 85.2 Å². The highest BCUT2D eigenvalue weighted by atomic mass is 32.2. The van der Waals surface area contributed by atoms with Crippen LogP contribution in [0.2, 0.25) is 0 Å². The third-order valence-electron chi connectivity index (χ3n) is 8.42. The molecule has 0 bridgehead atoms. The molecule has 11 heteroatoms. The lowest BCUT2D eigenvalue weighted by Crippen LogP contribution is -2.41. The lowest BCUT2D eigenvalue weighted by Gasteiger charge is -2.29. The molecule has 3 aromatic carbocycles. The lowest BCUT2D eigenvalue weighted by atomic mass is 9.85. The molecule has 5 rings (SSSR count). The largest absolute Gasteiger partial charge is 0.349 e. The van der Waals surface area contributed by atoms with E-state index >= 15 is 0 Å². The molecule has 43 heavy (non-hydrogen) atoms. The van der Waals surface area contributed by atoms with Gasteiger partial charge in [-0.2, -0.15) is 0 Å². The number of rotatable bonds is 9. The van der Waals surface area contributed by atoms with Gasteiger partial charge in [-0.25, -0.2) is 25.9 Å². The quantitative estimate of drug-likeness (QED) is 0.363. The lowest BCUT2D eigenvalue weighted by molar-refractivity contribution is -0.126. The summed E-state index contributed by atoms with van der Waals surface area (Å²) in [7, 11) is -6.65. The number of carbonyl (C=O) groups excluding carboxylic acids is 1. The molecule has 0 unspecified atom stereocenters. The first-order valence-electron chi connectivity index (χ1n) is 14.7. The van der Waals surface area contributed by atoms with E-state index in [0.29, 0.717) is 45.3 Å². The Morgan fingerprint density at radius 1 is 0.930 bits per heavy atom. The number of sulfonamides is 1. The fourth-order valence-electron chi connectivity index (χ4n) is 5.77. The van der Waals surface area contributed by atoms with Crippen LogP contribution in [0.1, 0.15) is 49.8 Å². The molecule has 2 aliphatic rings. The summed E-state index contributed by atoms with van der Waals surface area (Å²) < 4.78 is 65.7. The Hall–Kier alpha value is -3.12. The van der Waals surface area contributed by atoms with Gasteiger partial charge in [0.15, 0.2) is 9.84 Å². The van der Waals surface area contributed by atoms with Gasteiger partial charge in [-0.3, -0.25) is 9.69 Å². The number of amides is 1. The second-order valence-electron chi connectivity index (χ2n) is 11.6. The first-order valence-corrected chi connectivity index (χ1v) is 18.0. The molecule has 0 aromatic heterocycles. The summed E-state index contributed by atoms with van der Waals surface area (Å²) in [5, 5.41) is 3.00. The SMILES string of the molecule is C[C@@H](NC(=O)C1CCC(NS(=O)(=O)c2ccc(-c3cccc(CN4CCS(=O)(=O)CC4)c3)cc2)CC1)c1ccc(F)cc1. The van der Waals surface area contributed by atoms with E-state index in [1.807, 2.05) is 25.1 Å². The van der Waals surface area contributed by atoms with Crippen molar-refractivity contribution >= 4 is 25.8 Å². The fourth-order valence-corrected chi connectivity index (χ4v) is 8.35. The van der Waals surface area contributed by atoms with Crippen molar-refractivity contribution in [3.05, 3.63) is 89.7 Å². The molecule has 2 fully saturated rings. The van der Waals surface area contributed by atoms with Crippen molar-refractivity contribution in [3.8, 4) is 11.1 Å². The third-order valence-corrected chi connectivity index (χ3v) is 11.6. The van der Waals surface area contributed by atoms with Crippen molar-refractivity contribution < 1.29 is 26.0 Å². The number of benzene rings is 3. The van der Waals surface area contributed by atoms with E-state index in [9.17, 15) is 26.0 Å². The number of hydrogen-bond donors (Lipinski definition) is 2. The van der Waals surface area contributed by atoms with Gasteiger partial charge in [-0.1, -0.05) is 42.5 Å². The zero-order valence-corrected chi connectivity index (χ0v) is 25.8. The monoisotopic (exact) mass is 627 g/mol. The number of halogens is 1. The summed E-state index contributed by atoms with van der Waals surface area (Å²) in [6, 6.07) is 20.4. The Labute approximate surface area is 253 Å². The van der Waals surface area contributed by atoms with Gasteiger partial charge in [0.1, 0.15) is 5.82 Å². The van der Waals surface area contributed by atoms with Crippen molar-refractivity contribution in [2.45, 2.75) is 56.1 Å². The molecule has 0 radical (unpaired) electrons. The predicted molar refractivity (Wildman–Crippen MR) is 165 cm³/mol. The molecule has 0 spiro atoms. The highest BCUT2D eigenvalue weighted by Gasteiger charge is 2.30. The summed E-state index contributed by atoms with van der Waals surface area (Å²) in [4.78, 5) is 15.1. The molecular formula is C32H38FN3O5S2. The Balaban J connectivity index is 1.13. The predicted octanol–water partition coefficient (Wildman–Crippen LogP) is 4.44. The minimum atomic E-state index is -3.73. The first kappa shape index (κ1) is 31.3. The van der Waals surface area contributed by atoms with Crippen LogP contribution in [0.4, 0.5) is 4.39 Å². The average Bonchev–Trinajstić information content (AvgIpc) is 2.99. The van der Waals surface area contributed by atoms with Gasteiger partial charge < -0.3 is 5.32 Å². The molecule has 1 atom stereocenters. The van der Waals surface area contributed by atoms with Gasteiger partial charge in [0, 0.05) is 31.6 Å². The van der Waals surface area contributed by atoms with E-state index in [1.54, 1.807) is 36.4 Å². The standard InChI is InChI=1S/C32H38FN3O5S2/c1-23(25-5-11-29(33)12-6-25)34-32(37)27-7-13-30(14-8-27)35-43(40,41)31-15-9-26(10-16-31)28-4-2-3-24(21-28)22-36-17-19-42(38,39)20-18-36/h2-6,9-12,15-16,21,23,27,30,35H,7-8,13-14,17-20,22H2,1H3,(H,34,37)/t23-,27?,30?/m1/s1. The minimum absolute atomic E-state index is 0.0679. The summed E-state index contributed by atoms with van der Waals surface area (Å²) in [6.07, 6.45) is 2.29. The maximum atomic E-state index is 13.2. The van der Waals surface area contributed by atoms with Gasteiger partial charge in [-0.15, -0.1) is 0 Å². The molecule has 8 nitrogen and oxygen atoms in total. The summed E-state index contributed by atoms with van der Waals surface area (Å²) in [5.41, 5.74) is 3.75. The van der Waals surface area contributed by atoms with Crippen LogP contribution in [0.25, 0.3) is 11.1 Å². The average molecular weight is 628 g/mol. The van der Waals surface area contributed by atoms with Crippen LogP contribution in [0.15, 0.2) is 77.7 Å². The molecule has 2 N–H and O–H groups in total. The molecule has 1 aliphatic carbocycles. The van der Waals surface area contributed by atoms with Gasteiger partial charge >= 0.3 is 0 Å². The molecule has 1 saturated carbocycles. The fraction of sp³-hybridized carbons (Fsp3) is 0.406. The van der Waals surface area contributed by atoms with Crippen LogP contribution in [0.5, 0.6) is 0 Å². The minimum Gasteiger partial charge on any atom is -0.349 e. The first-order chi connectivity index (χ1) is 20.5. The van der Waals surface area contributed by atoms with Crippen LogP contribution in [0, 0.1) is 11.7 Å². The smallest absolute Gasteiger partial charge is 0.240 e. The highest BCUT2D eigenvalue weighted by molar-refractivity contribution is 7.91. The summed E-state index contributed by atoms with van der Waals surface area (Å²) in [6.45, 7) is 3.57. The van der Waals surface area contributed by atoms with Crippen molar-refractivity contribution in [1.82, 2.24) is 14.9 Å². The number of sulfone groups is 1. The van der Waals surface area contributed by atoms with E-state index in [2.05, 4.69) is 21.0 Å². The van der Waals surface area contributed by atoms with Crippen LogP contribution >= 0.6 is 0 Å². The van der Waals surface area contributed by atoms with Gasteiger partial charge in [0.2, 0.25) is 15.9 Å². The highest BCUT2D eigenvalue weighted by Crippen LogP contribution is 2.28. The van der Waals surface area contributed by atoms with E-state index in [4.69, 9.17) is 0 Å². The number of nitrogens with one attached hydrogen (secondary N) is 2. The Bertz CT molecular complexity index is 1620. The van der Waals surface area contributed by atoms with Gasteiger partial charge in [0.25, 0.3) is 0 Å².